The number of benzene rings is 2. The first-order valence-electron chi connectivity index (χ1n) is 13.2. The fraction of sp³-hybridized carbons (Fsp3) is 0.345. The van der Waals surface area contributed by atoms with E-state index >= 15 is 0 Å². The van der Waals surface area contributed by atoms with Crippen molar-refractivity contribution < 1.29 is 9.59 Å². The topological polar surface area (TPSA) is 92.8 Å². The van der Waals surface area contributed by atoms with E-state index in [0.717, 1.165) is 35.6 Å². The first kappa shape index (κ1) is 24.5. The van der Waals surface area contributed by atoms with Gasteiger partial charge in [-0.15, -0.1) is 0 Å². The summed E-state index contributed by atoms with van der Waals surface area (Å²) >= 11 is 0. The third-order valence-corrected chi connectivity index (χ3v) is 7.82. The van der Waals surface area contributed by atoms with Crippen molar-refractivity contribution in [1.82, 2.24) is 21.0 Å². The van der Waals surface area contributed by atoms with Crippen molar-refractivity contribution in [3.8, 4) is 0 Å². The Balaban J connectivity index is 1.28. The van der Waals surface area contributed by atoms with E-state index in [1.165, 1.54) is 11.1 Å². The van der Waals surface area contributed by atoms with E-state index in [4.69, 9.17) is 0 Å². The number of carbonyl (C=O) groups excluding carboxylic acids is 2. The Morgan fingerprint density at radius 3 is 2.42 bits per heavy atom. The summed E-state index contributed by atoms with van der Waals surface area (Å²) in [6.45, 7) is 0.449. The maximum Gasteiger partial charge on any atom is 0.247 e. The molecule has 1 aliphatic carbocycles. The zero-order chi connectivity index (χ0) is 26.2. The normalized spacial score (nSPS) is 21.4. The highest BCUT2D eigenvalue weighted by Crippen LogP contribution is 2.29. The standard InChI is InChI=1S/C29H33N7O2/c1-34-18-24(28(37)31-23-10-5-6-11-25(23)34)33-36(32-21-16-19-8-3-4-9-20(19)17-21)27-14-13-22-26(12-7-15-30-22)35(2)29(27)38/h3-12,15,21,24,27,32-33H,13-14,16-18H2,1-2H3,(H,31,37). The average Bonchev–Trinajstić information content (AvgIpc) is 3.24. The molecule has 6 rings (SSSR count). The molecule has 0 saturated heterocycles. The number of hydrazine groups is 2. The minimum atomic E-state index is -0.578. The monoisotopic (exact) mass is 511 g/mol. The zero-order valence-electron chi connectivity index (χ0n) is 21.7. The minimum Gasteiger partial charge on any atom is -0.371 e. The number of nitrogens with zero attached hydrogens (tertiary/aromatic N) is 4. The van der Waals surface area contributed by atoms with Crippen molar-refractivity contribution in [2.24, 2.45) is 0 Å². The van der Waals surface area contributed by atoms with Gasteiger partial charge in [0.1, 0.15) is 12.1 Å². The second-order valence-corrected chi connectivity index (χ2v) is 10.4. The molecule has 1 aromatic heterocycles. The number of carbonyl (C=O) groups is 2. The van der Waals surface area contributed by atoms with Crippen molar-refractivity contribution in [3.05, 3.63) is 83.7 Å². The van der Waals surface area contributed by atoms with Crippen molar-refractivity contribution in [2.75, 3.05) is 35.8 Å². The maximum absolute atomic E-state index is 13.8. The minimum absolute atomic E-state index is 0.0436. The van der Waals surface area contributed by atoms with Crippen molar-refractivity contribution in [3.63, 3.8) is 0 Å². The average molecular weight is 512 g/mol. The van der Waals surface area contributed by atoms with Gasteiger partial charge in [0, 0.05) is 32.9 Å². The second-order valence-electron chi connectivity index (χ2n) is 10.4. The molecule has 2 unspecified atom stereocenters. The number of likely N-dealkylation sites (N-methyl/N-ethyl adjacent to an activating group) is 2. The third-order valence-electron chi connectivity index (χ3n) is 7.82. The van der Waals surface area contributed by atoms with Gasteiger partial charge in [0.2, 0.25) is 11.8 Å². The van der Waals surface area contributed by atoms with Crippen LogP contribution in [0.1, 0.15) is 23.2 Å². The second kappa shape index (κ2) is 10.2. The number of anilines is 3. The summed E-state index contributed by atoms with van der Waals surface area (Å²) in [5.41, 5.74) is 13.2. The van der Waals surface area contributed by atoms with Gasteiger partial charge in [-0.3, -0.25) is 14.6 Å². The van der Waals surface area contributed by atoms with Gasteiger partial charge in [-0.25, -0.2) is 10.9 Å². The molecule has 2 aliphatic heterocycles. The molecule has 0 radical (unpaired) electrons. The van der Waals surface area contributed by atoms with E-state index in [1.54, 1.807) is 18.1 Å². The summed E-state index contributed by atoms with van der Waals surface area (Å²) in [5, 5.41) is 4.88. The highest BCUT2D eigenvalue weighted by atomic mass is 16.2. The smallest absolute Gasteiger partial charge is 0.247 e. The summed E-state index contributed by atoms with van der Waals surface area (Å²) in [7, 11) is 3.78. The lowest BCUT2D eigenvalue weighted by molar-refractivity contribution is -0.130. The summed E-state index contributed by atoms with van der Waals surface area (Å²) in [4.78, 5) is 35.5. The van der Waals surface area contributed by atoms with Gasteiger partial charge < -0.3 is 15.1 Å². The molecule has 38 heavy (non-hydrogen) atoms. The molecule has 3 heterocycles. The fourth-order valence-electron chi connectivity index (χ4n) is 5.82. The number of hydrogen-bond donors (Lipinski definition) is 3. The van der Waals surface area contributed by atoms with Crippen LogP contribution in [-0.4, -0.2) is 60.7 Å². The Kier molecular flexibility index (Phi) is 6.57. The lowest BCUT2D eigenvalue weighted by Crippen LogP contribution is -2.66. The third kappa shape index (κ3) is 4.64. The van der Waals surface area contributed by atoms with E-state index < -0.39 is 12.1 Å². The first-order valence-corrected chi connectivity index (χ1v) is 13.2. The van der Waals surface area contributed by atoms with Crippen LogP contribution in [0.5, 0.6) is 0 Å². The molecule has 0 fully saturated rings. The number of fused-ring (bicyclic) bond motifs is 3. The predicted octanol–water partition coefficient (Wildman–Crippen LogP) is 2.29. The SMILES string of the molecule is CN1CC(NN(NC2Cc3ccccc3C2)C2CCc3ncccc3N(C)C2=O)C(=O)Nc2ccccc21. The number of aryl methyl sites for hydroxylation is 1. The van der Waals surface area contributed by atoms with Crippen LogP contribution in [0.3, 0.4) is 0 Å². The van der Waals surface area contributed by atoms with E-state index in [-0.39, 0.29) is 17.9 Å². The molecule has 9 nitrogen and oxygen atoms in total. The van der Waals surface area contributed by atoms with Crippen LogP contribution in [0, 0.1) is 0 Å². The largest absolute Gasteiger partial charge is 0.371 e. The molecule has 2 aromatic carbocycles. The highest BCUT2D eigenvalue weighted by molar-refractivity contribution is 6.00. The van der Waals surface area contributed by atoms with Gasteiger partial charge >= 0.3 is 0 Å². The molecule has 0 spiro atoms. The predicted molar refractivity (Wildman–Crippen MR) is 148 cm³/mol. The van der Waals surface area contributed by atoms with Crippen molar-refractivity contribution >= 4 is 28.9 Å². The Morgan fingerprint density at radius 2 is 1.63 bits per heavy atom. The summed E-state index contributed by atoms with van der Waals surface area (Å²) in [6.07, 6.45) is 4.70. The van der Waals surface area contributed by atoms with Crippen LogP contribution in [-0.2, 0) is 28.9 Å². The number of nitrogens with one attached hydrogen (secondary N) is 3. The number of amides is 2. The van der Waals surface area contributed by atoms with Gasteiger partial charge in [0.05, 0.1) is 22.8 Å². The van der Waals surface area contributed by atoms with Crippen LogP contribution in [0.15, 0.2) is 66.9 Å². The maximum atomic E-state index is 13.8. The zero-order valence-corrected chi connectivity index (χ0v) is 21.7. The van der Waals surface area contributed by atoms with Gasteiger partial charge in [0.25, 0.3) is 0 Å². The molecule has 3 aliphatic rings. The first-order chi connectivity index (χ1) is 18.5. The molecule has 2 atom stereocenters. The molecular weight excluding hydrogens is 478 g/mol. The molecule has 9 heteroatoms. The van der Waals surface area contributed by atoms with Gasteiger partial charge in [-0.1, -0.05) is 36.4 Å². The number of hydrogen-bond acceptors (Lipinski definition) is 7. The quantitative estimate of drug-likeness (QED) is 0.453. The van der Waals surface area contributed by atoms with Crippen LogP contribution >= 0.6 is 0 Å². The molecule has 3 aromatic rings. The Bertz CT molecular complexity index is 1340. The Hall–Kier alpha value is -3.79. The van der Waals surface area contributed by atoms with Gasteiger partial charge in [-0.05, 0) is 61.1 Å². The van der Waals surface area contributed by atoms with Crippen LogP contribution in [0.25, 0.3) is 0 Å². The van der Waals surface area contributed by atoms with Crippen LogP contribution in [0.2, 0.25) is 0 Å². The molecule has 2 amide bonds. The lowest BCUT2D eigenvalue weighted by Gasteiger charge is -2.37. The van der Waals surface area contributed by atoms with Gasteiger partial charge in [0.15, 0.2) is 0 Å². The lowest BCUT2D eigenvalue weighted by atomic mass is 10.1. The van der Waals surface area contributed by atoms with E-state index in [9.17, 15) is 9.59 Å². The van der Waals surface area contributed by atoms with E-state index in [2.05, 4.69) is 50.3 Å². The number of aromatic nitrogens is 1. The molecule has 0 bridgehead atoms. The molecule has 0 saturated carbocycles. The summed E-state index contributed by atoms with van der Waals surface area (Å²) < 4.78 is 0. The van der Waals surface area contributed by atoms with Crippen LogP contribution in [0.4, 0.5) is 17.1 Å². The highest BCUT2D eigenvalue weighted by Gasteiger charge is 2.38. The number of rotatable bonds is 5. The summed E-state index contributed by atoms with van der Waals surface area (Å²) in [6, 6.07) is 19.0. The van der Waals surface area contributed by atoms with E-state index in [1.807, 2.05) is 48.6 Å². The molecule has 3 N–H and O–H groups in total. The number of para-hydroxylation sites is 2. The molecule has 196 valence electrons. The van der Waals surface area contributed by atoms with Gasteiger partial charge in [-0.2, -0.15) is 5.12 Å². The summed E-state index contributed by atoms with van der Waals surface area (Å²) in [5.74, 6) is -0.180. The van der Waals surface area contributed by atoms with Crippen LogP contribution < -0.4 is 26.0 Å². The Morgan fingerprint density at radius 1 is 0.921 bits per heavy atom. The number of pyridine rings is 1. The van der Waals surface area contributed by atoms with Crippen molar-refractivity contribution in [1.29, 1.82) is 0 Å². The molecular formula is C29H33N7O2. The Labute approximate surface area is 222 Å². The van der Waals surface area contributed by atoms with E-state index in [0.29, 0.717) is 19.4 Å². The fourth-order valence-corrected chi connectivity index (χ4v) is 5.82. The van der Waals surface area contributed by atoms with Crippen molar-refractivity contribution in [2.45, 2.75) is 43.8 Å².